The van der Waals surface area contributed by atoms with Crippen molar-refractivity contribution in [3.63, 3.8) is 0 Å². The van der Waals surface area contributed by atoms with E-state index in [1.54, 1.807) is 30.9 Å². The quantitative estimate of drug-likeness (QED) is 0.421. The predicted molar refractivity (Wildman–Crippen MR) is 130 cm³/mol. The number of nitrogens with two attached hydrogens (primary N) is 1. The third-order valence-corrected chi connectivity index (χ3v) is 5.26. The van der Waals surface area contributed by atoms with Gasteiger partial charge in [-0.15, -0.1) is 0 Å². The van der Waals surface area contributed by atoms with E-state index in [2.05, 4.69) is 21.0 Å². The van der Waals surface area contributed by atoms with E-state index in [4.69, 9.17) is 10.5 Å². The lowest BCUT2D eigenvalue weighted by atomic mass is 10.0. The van der Waals surface area contributed by atoms with Crippen LogP contribution in [-0.4, -0.2) is 25.4 Å². The first-order valence-corrected chi connectivity index (χ1v) is 10.8. The Morgan fingerprint density at radius 3 is 2.52 bits per heavy atom. The molecule has 166 valence electrons. The molecular formula is C26H25N5O2. The molecular weight excluding hydrogens is 414 g/mol. The first-order valence-electron chi connectivity index (χ1n) is 10.8. The van der Waals surface area contributed by atoms with E-state index in [1.807, 2.05) is 61.9 Å². The van der Waals surface area contributed by atoms with Gasteiger partial charge in [0.1, 0.15) is 12.4 Å². The third-order valence-electron chi connectivity index (χ3n) is 5.26. The fraction of sp³-hybridized carbons (Fsp3) is 0.154. The molecule has 0 fully saturated rings. The summed E-state index contributed by atoms with van der Waals surface area (Å²) in [6.45, 7) is 4.12. The molecule has 0 spiro atoms. The summed E-state index contributed by atoms with van der Waals surface area (Å²) in [5, 5.41) is 0.877. The second kappa shape index (κ2) is 9.48. The van der Waals surface area contributed by atoms with Crippen molar-refractivity contribution in [2.24, 2.45) is 12.8 Å². The van der Waals surface area contributed by atoms with Crippen molar-refractivity contribution in [2.75, 3.05) is 0 Å². The number of carbonyl (C=O) groups is 1. The maximum absolute atomic E-state index is 11.7. The van der Waals surface area contributed by atoms with Crippen molar-refractivity contribution >= 4 is 27.8 Å². The van der Waals surface area contributed by atoms with Crippen LogP contribution in [0.2, 0.25) is 0 Å². The molecule has 0 saturated carbocycles. The molecule has 0 unspecified atom stereocenters. The molecule has 5 rings (SSSR count). The van der Waals surface area contributed by atoms with Gasteiger partial charge in [0.15, 0.2) is 0 Å². The van der Waals surface area contributed by atoms with Crippen molar-refractivity contribution in [3.8, 4) is 16.9 Å². The Morgan fingerprint density at radius 1 is 0.939 bits per heavy atom. The van der Waals surface area contributed by atoms with Crippen molar-refractivity contribution in [2.45, 2.75) is 20.5 Å². The molecule has 33 heavy (non-hydrogen) atoms. The number of fused-ring (bicyclic) bond motifs is 2. The fourth-order valence-corrected chi connectivity index (χ4v) is 3.67. The highest BCUT2D eigenvalue weighted by Gasteiger charge is 2.13. The molecule has 0 aliphatic carbocycles. The highest BCUT2D eigenvalue weighted by molar-refractivity contribution is 5.94. The summed E-state index contributed by atoms with van der Waals surface area (Å²) < 4.78 is 8.10. The third kappa shape index (κ3) is 4.39. The largest absolute Gasteiger partial charge is 0.487 e. The molecule has 0 atom stereocenters. The fourth-order valence-electron chi connectivity index (χ4n) is 3.67. The maximum atomic E-state index is 11.7. The highest BCUT2D eigenvalue weighted by atomic mass is 16.5. The zero-order chi connectivity index (χ0) is 23.4. The van der Waals surface area contributed by atoms with Gasteiger partial charge in [-0.05, 0) is 59.7 Å². The number of carbonyl (C=O) groups excluding carboxylic acids is 1. The van der Waals surface area contributed by atoms with E-state index < -0.39 is 5.91 Å². The summed E-state index contributed by atoms with van der Waals surface area (Å²) in [5.74, 6) is 0.124. The van der Waals surface area contributed by atoms with Gasteiger partial charge in [0.05, 0.1) is 34.1 Å². The van der Waals surface area contributed by atoms with Crippen molar-refractivity contribution < 1.29 is 9.53 Å². The lowest BCUT2D eigenvalue weighted by molar-refractivity contribution is 0.0997. The van der Waals surface area contributed by atoms with E-state index >= 15 is 0 Å². The highest BCUT2D eigenvalue weighted by Crippen LogP contribution is 2.33. The minimum absolute atomic E-state index is 0.117. The van der Waals surface area contributed by atoms with Crippen LogP contribution in [0.4, 0.5) is 0 Å². The van der Waals surface area contributed by atoms with Crippen LogP contribution in [0.3, 0.4) is 0 Å². The number of amides is 1. The van der Waals surface area contributed by atoms with E-state index in [1.165, 1.54) is 0 Å². The minimum Gasteiger partial charge on any atom is -0.487 e. The molecule has 0 aliphatic heterocycles. The Labute approximate surface area is 191 Å². The lowest BCUT2D eigenvalue weighted by Crippen LogP contribution is -2.15. The van der Waals surface area contributed by atoms with Crippen LogP contribution in [0.15, 0.2) is 73.3 Å². The molecule has 3 aromatic heterocycles. The lowest BCUT2D eigenvalue weighted by Gasteiger charge is -2.13. The molecule has 0 aliphatic rings. The topological polar surface area (TPSA) is 95.9 Å². The van der Waals surface area contributed by atoms with Crippen molar-refractivity contribution in [3.05, 3.63) is 84.6 Å². The van der Waals surface area contributed by atoms with E-state index in [0.29, 0.717) is 17.0 Å². The Bertz CT molecular complexity index is 1440. The Morgan fingerprint density at radius 2 is 1.70 bits per heavy atom. The normalized spacial score (nSPS) is 10.6. The van der Waals surface area contributed by atoms with Crippen molar-refractivity contribution in [1.82, 2.24) is 19.5 Å². The van der Waals surface area contributed by atoms with Gasteiger partial charge in [0.2, 0.25) is 0 Å². The number of benzene rings is 2. The second-order valence-corrected chi connectivity index (χ2v) is 7.25. The minimum atomic E-state index is -0.532. The number of primary amides is 1. The number of hydrogen-bond donors (Lipinski definition) is 1. The predicted octanol–water partition coefficient (Wildman–Crippen LogP) is 4.89. The summed E-state index contributed by atoms with van der Waals surface area (Å²) in [4.78, 5) is 24.9. The van der Waals surface area contributed by atoms with Gasteiger partial charge >= 0.3 is 0 Å². The zero-order valence-corrected chi connectivity index (χ0v) is 18.8. The summed E-state index contributed by atoms with van der Waals surface area (Å²) in [7, 11) is 1.97. The molecule has 1 amide bonds. The van der Waals surface area contributed by atoms with Gasteiger partial charge in [0, 0.05) is 24.8 Å². The van der Waals surface area contributed by atoms with Crippen LogP contribution in [0, 0.1) is 0 Å². The SMILES string of the molecule is CC.Cn1cnc2cc(-c3cc(OCc4ncccc4C(N)=O)c4cccnc4c3)ccc21. The molecule has 7 nitrogen and oxygen atoms in total. The maximum Gasteiger partial charge on any atom is 0.250 e. The number of pyridine rings is 2. The van der Waals surface area contributed by atoms with Crippen LogP contribution in [-0.2, 0) is 13.7 Å². The van der Waals surface area contributed by atoms with E-state index in [9.17, 15) is 4.79 Å². The second-order valence-electron chi connectivity index (χ2n) is 7.25. The van der Waals surface area contributed by atoms with Crippen LogP contribution in [0.1, 0.15) is 29.9 Å². The van der Waals surface area contributed by atoms with Crippen molar-refractivity contribution in [1.29, 1.82) is 0 Å². The van der Waals surface area contributed by atoms with Gasteiger partial charge in [-0.3, -0.25) is 14.8 Å². The average Bonchev–Trinajstić information content (AvgIpc) is 3.23. The van der Waals surface area contributed by atoms with Gasteiger partial charge < -0.3 is 15.0 Å². The number of aryl methyl sites for hydroxylation is 1. The Balaban J connectivity index is 0.00000126. The van der Waals surface area contributed by atoms with E-state index in [-0.39, 0.29) is 6.61 Å². The summed E-state index contributed by atoms with van der Waals surface area (Å²) in [6.07, 6.45) is 5.17. The number of imidazole rings is 1. The number of nitrogens with zero attached hydrogens (tertiary/aromatic N) is 4. The summed E-state index contributed by atoms with van der Waals surface area (Å²) in [5.41, 5.74) is 11.1. The number of hydrogen-bond acceptors (Lipinski definition) is 5. The Hall–Kier alpha value is -4.26. The molecule has 0 radical (unpaired) electrons. The molecule has 0 saturated heterocycles. The Kier molecular flexibility index (Phi) is 6.31. The van der Waals surface area contributed by atoms with Gasteiger partial charge in [-0.2, -0.15) is 0 Å². The van der Waals surface area contributed by atoms with Gasteiger partial charge in [0.25, 0.3) is 5.91 Å². The zero-order valence-electron chi connectivity index (χ0n) is 18.8. The van der Waals surface area contributed by atoms with Crippen LogP contribution in [0.25, 0.3) is 33.1 Å². The molecule has 3 heterocycles. The molecule has 0 bridgehead atoms. The number of ether oxygens (including phenoxy) is 1. The molecule has 2 aromatic carbocycles. The monoisotopic (exact) mass is 439 g/mol. The standard InChI is InChI=1S/C24H19N5O2.C2H6/c1-29-14-28-20-10-15(6-7-22(20)29)16-11-19-17(4-2-8-26-19)23(12-16)31-13-21-18(24(25)30)5-3-9-27-21;1-2/h2-12,14H,13H2,1H3,(H2,25,30);1-2H3. The van der Waals surface area contributed by atoms with E-state index in [0.717, 1.165) is 33.1 Å². The first kappa shape index (κ1) is 22.0. The van der Waals surface area contributed by atoms with Crippen LogP contribution >= 0.6 is 0 Å². The molecule has 5 aromatic rings. The number of aromatic nitrogens is 4. The summed E-state index contributed by atoms with van der Waals surface area (Å²) in [6, 6.07) is 17.3. The van der Waals surface area contributed by atoms with Crippen LogP contribution in [0.5, 0.6) is 5.75 Å². The first-order chi connectivity index (χ1) is 16.1. The van der Waals surface area contributed by atoms with Crippen LogP contribution < -0.4 is 10.5 Å². The van der Waals surface area contributed by atoms with Gasteiger partial charge in [-0.25, -0.2) is 4.98 Å². The number of rotatable bonds is 5. The molecule has 2 N–H and O–H groups in total. The average molecular weight is 440 g/mol. The van der Waals surface area contributed by atoms with Gasteiger partial charge in [-0.1, -0.05) is 19.9 Å². The summed E-state index contributed by atoms with van der Waals surface area (Å²) >= 11 is 0. The smallest absolute Gasteiger partial charge is 0.250 e. The molecule has 7 heteroatoms.